The molecular weight excluding hydrogens is 150 g/mol. The molecule has 0 heterocycles. The maximum absolute atomic E-state index is 12.1. The Hall–Kier alpha value is -0.620. The van der Waals surface area contributed by atoms with Crippen LogP contribution in [0.4, 0.5) is 4.39 Å². The van der Waals surface area contributed by atoms with Crippen molar-refractivity contribution in [2.45, 2.75) is 6.10 Å². The lowest BCUT2D eigenvalue weighted by Gasteiger charge is -2.04. The molecule has 0 aromatic heterocycles. The summed E-state index contributed by atoms with van der Waals surface area (Å²) < 4.78 is 16.8. The minimum Gasteiger partial charge on any atom is -0.457 e. The zero-order valence-corrected chi connectivity index (χ0v) is 6.48. The van der Waals surface area contributed by atoms with Crippen LogP contribution in [0.15, 0.2) is 30.3 Å². The van der Waals surface area contributed by atoms with Gasteiger partial charge in [-0.05, 0) is 12.1 Å². The van der Waals surface area contributed by atoms with Gasteiger partial charge in [0.25, 0.3) is 0 Å². The van der Waals surface area contributed by atoms with E-state index >= 15 is 0 Å². The van der Waals surface area contributed by atoms with E-state index in [-0.39, 0.29) is 0 Å². The number of para-hydroxylation sites is 1. The van der Waals surface area contributed by atoms with Crippen LogP contribution in [0.25, 0.3) is 0 Å². The lowest BCUT2D eigenvalue weighted by atomic mass is 10.3. The Kier molecular flexibility index (Phi) is 2.64. The van der Waals surface area contributed by atoms with Crippen molar-refractivity contribution in [3.8, 4) is 5.75 Å². The van der Waals surface area contributed by atoms with Gasteiger partial charge in [-0.15, -0.1) is 0 Å². The summed E-state index contributed by atoms with van der Waals surface area (Å²) in [4.78, 5) is 0. The maximum atomic E-state index is 12.1. The fourth-order valence-corrected chi connectivity index (χ4v) is 0.786. The molecule has 0 aliphatic carbocycles. The molecule has 0 fully saturated rings. The first kappa shape index (κ1) is 7.49. The van der Waals surface area contributed by atoms with E-state index in [1.807, 2.05) is 15.3 Å². The summed E-state index contributed by atoms with van der Waals surface area (Å²) in [7, 11) is 1.92. The van der Waals surface area contributed by atoms with E-state index in [9.17, 15) is 4.39 Å². The minimum atomic E-state index is -1.32. The van der Waals surface area contributed by atoms with Crippen LogP contribution in [-0.2, 0) is 0 Å². The molecule has 10 heavy (non-hydrogen) atoms. The predicted octanol–water partition coefficient (Wildman–Crippen LogP) is 2.19. The van der Waals surface area contributed by atoms with E-state index in [4.69, 9.17) is 4.74 Å². The number of alkyl halides is 1. The molecule has 0 aliphatic rings. The first-order valence-electron chi connectivity index (χ1n) is 2.90. The Morgan fingerprint density at radius 3 is 2.40 bits per heavy atom. The summed E-state index contributed by atoms with van der Waals surface area (Å²) in [6.45, 7) is 0. The number of halogens is 1. The van der Waals surface area contributed by atoms with Crippen molar-refractivity contribution in [3.05, 3.63) is 30.3 Å². The molecule has 0 bridgehead atoms. The average molecular weight is 158 g/mol. The van der Waals surface area contributed by atoms with Gasteiger partial charge < -0.3 is 4.74 Å². The van der Waals surface area contributed by atoms with Crippen LogP contribution in [0, 0.1) is 0 Å². The molecule has 1 aromatic rings. The van der Waals surface area contributed by atoms with E-state index in [1.165, 1.54) is 0 Å². The Bertz CT molecular complexity index is 188. The van der Waals surface area contributed by atoms with Gasteiger partial charge in [0.1, 0.15) is 5.75 Å². The Balaban J connectivity index is 2.59. The molecule has 0 aliphatic heterocycles. The van der Waals surface area contributed by atoms with Gasteiger partial charge in [0.2, 0.25) is 6.10 Å². The largest absolute Gasteiger partial charge is 0.457 e. The molecule has 2 unspecified atom stereocenters. The van der Waals surface area contributed by atoms with Crippen LogP contribution >= 0.6 is 9.24 Å². The first-order valence-corrected chi connectivity index (χ1v) is 3.57. The highest BCUT2D eigenvalue weighted by Gasteiger charge is 1.96. The van der Waals surface area contributed by atoms with Crippen molar-refractivity contribution >= 4 is 9.24 Å². The third-order valence-electron chi connectivity index (χ3n) is 0.992. The Labute approximate surface area is 61.4 Å². The summed E-state index contributed by atoms with van der Waals surface area (Å²) in [5.41, 5.74) is 0. The average Bonchev–Trinajstić information content (AvgIpc) is 1.88. The summed E-state index contributed by atoms with van der Waals surface area (Å²) in [6.07, 6.45) is -1.32. The highest BCUT2D eigenvalue weighted by atomic mass is 31.0. The molecular formula is C7H8FOP. The highest BCUT2D eigenvalue weighted by Crippen LogP contribution is 2.13. The van der Waals surface area contributed by atoms with E-state index < -0.39 is 6.10 Å². The molecule has 54 valence electrons. The zero-order valence-electron chi connectivity index (χ0n) is 5.33. The summed E-state index contributed by atoms with van der Waals surface area (Å²) in [6, 6.07) is 8.85. The number of rotatable bonds is 2. The molecule has 0 saturated carbocycles. The van der Waals surface area contributed by atoms with Crippen molar-refractivity contribution in [2.24, 2.45) is 0 Å². The lowest BCUT2D eigenvalue weighted by molar-refractivity contribution is 0.153. The predicted molar refractivity (Wildman–Crippen MR) is 41.7 cm³/mol. The van der Waals surface area contributed by atoms with Crippen LogP contribution in [0.5, 0.6) is 5.75 Å². The maximum Gasteiger partial charge on any atom is 0.249 e. The molecule has 3 heteroatoms. The fourth-order valence-electron chi connectivity index (χ4n) is 0.629. The SMILES string of the molecule is FC(P)Oc1ccccc1. The summed E-state index contributed by atoms with van der Waals surface area (Å²) in [5.74, 6) is 0.546. The van der Waals surface area contributed by atoms with Crippen LogP contribution in [0.1, 0.15) is 0 Å². The Morgan fingerprint density at radius 2 is 1.90 bits per heavy atom. The highest BCUT2D eigenvalue weighted by molar-refractivity contribution is 7.16. The van der Waals surface area contributed by atoms with Gasteiger partial charge in [-0.3, -0.25) is 0 Å². The molecule has 0 N–H and O–H groups in total. The molecule has 2 atom stereocenters. The van der Waals surface area contributed by atoms with Crippen molar-refractivity contribution in [2.75, 3.05) is 0 Å². The van der Waals surface area contributed by atoms with Crippen LogP contribution < -0.4 is 4.74 Å². The second kappa shape index (κ2) is 3.52. The molecule has 0 saturated heterocycles. The molecule has 1 rings (SSSR count). The summed E-state index contributed by atoms with van der Waals surface area (Å²) >= 11 is 0. The Morgan fingerprint density at radius 1 is 1.30 bits per heavy atom. The van der Waals surface area contributed by atoms with Gasteiger partial charge in [-0.1, -0.05) is 27.4 Å². The van der Waals surface area contributed by atoms with E-state index in [0.717, 1.165) is 0 Å². The molecule has 1 aromatic carbocycles. The van der Waals surface area contributed by atoms with E-state index in [1.54, 1.807) is 24.3 Å². The number of hydrogen-bond acceptors (Lipinski definition) is 1. The molecule has 0 amide bonds. The molecule has 1 nitrogen and oxygen atoms in total. The van der Waals surface area contributed by atoms with Gasteiger partial charge >= 0.3 is 0 Å². The van der Waals surface area contributed by atoms with Crippen molar-refractivity contribution in [1.82, 2.24) is 0 Å². The number of ether oxygens (including phenoxy) is 1. The lowest BCUT2D eigenvalue weighted by Crippen LogP contribution is -1.98. The third-order valence-corrected chi connectivity index (χ3v) is 1.13. The monoisotopic (exact) mass is 158 g/mol. The van der Waals surface area contributed by atoms with Gasteiger partial charge in [0, 0.05) is 0 Å². The second-order valence-electron chi connectivity index (χ2n) is 1.78. The molecule has 0 spiro atoms. The number of hydrogen-bond donors (Lipinski definition) is 0. The third kappa shape index (κ3) is 2.32. The number of benzene rings is 1. The van der Waals surface area contributed by atoms with Gasteiger partial charge in [0.05, 0.1) is 0 Å². The normalized spacial score (nSPS) is 12.6. The topological polar surface area (TPSA) is 9.23 Å². The zero-order chi connectivity index (χ0) is 7.40. The standard InChI is InChI=1S/C7H8FOP/c8-7(10)9-6-4-2-1-3-5-6/h1-5,7H,10H2. The minimum absolute atomic E-state index is 0.546. The van der Waals surface area contributed by atoms with Crippen molar-refractivity contribution < 1.29 is 9.13 Å². The second-order valence-corrected chi connectivity index (χ2v) is 2.31. The van der Waals surface area contributed by atoms with Crippen LogP contribution in [0.2, 0.25) is 0 Å². The smallest absolute Gasteiger partial charge is 0.249 e. The van der Waals surface area contributed by atoms with Gasteiger partial charge in [0.15, 0.2) is 0 Å². The van der Waals surface area contributed by atoms with Crippen molar-refractivity contribution in [3.63, 3.8) is 0 Å². The van der Waals surface area contributed by atoms with Crippen LogP contribution in [0.3, 0.4) is 0 Å². The molecule has 0 radical (unpaired) electrons. The summed E-state index contributed by atoms with van der Waals surface area (Å²) in [5, 5.41) is 0. The quantitative estimate of drug-likeness (QED) is 0.599. The van der Waals surface area contributed by atoms with E-state index in [0.29, 0.717) is 5.75 Å². The van der Waals surface area contributed by atoms with Gasteiger partial charge in [-0.25, -0.2) is 0 Å². The van der Waals surface area contributed by atoms with Crippen molar-refractivity contribution in [1.29, 1.82) is 0 Å². The first-order chi connectivity index (χ1) is 4.79. The van der Waals surface area contributed by atoms with Crippen LogP contribution in [-0.4, -0.2) is 6.10 Å². The van der Waals surface area contributed by atoms with E-state index in [2.05, 4.69) is 0 Å². The fraction of sp³-hybridized carbons (Fsp3) is 0.143. The van der Waals surface area contributed by atoms with Gasteiger partial charge in [-0.2, -0.15) is 4.39 Å².